The van der Waals surface area contributed by atoms with Gasteiger partial charge in [0.05, 0.1) is 5.56 Å². The van der Waals surface area contributed by atoms with Gasteiger partial charge in [0.2, 0.25) is 5.88 Å². The van der Waals surface area contributed by atoms with Crippen LogP contribution in [0.3, 0.4) is 0 Å². The van der Waals surface area contributed by atoms with Crippen LogP contribution in [0.15, 0.2) is 91.2 Å². The monoisotopic (exact) mass is 504 g/mol. The molecule has 0 spiro atoms. The summed E-state index contributed by atoms with van der Waals surface area (Å²) in [6.45, 7) is 1.31. The molecule has 0 saturated heterocycles. The zero-order valence-corrected chi connectivity index (χ0v) is 20.5. The number of benzene rings is 2. The van der Waals surface area contributed by atoms with E-state index in [1.54, 1.807) is 30.5 Å². The number of ketones is 1. The Bertz CT molecular complexity index is 1220. The molecule has 0 unspecified atom stereocenters. The second-order valence-electron chi connectivity index (χ2n) is 7.67. The number of carbonyl (C=O) groups excluding carboxylic acids is 1. The van der Waals surface area contributed by atoms with Crippen molar-refractivity contribution in [3.8, 4) is 17.4 Å². The fourth-order valence-corrected chi connectivity index (χ4v) is 2.72. The largest absolute Gasteiger partial charge is 0.488 e. The third kappa shape index (κ3) is 11.0. The van der Waals surface area contributed by atoms with Gasteiger partial charge in [0.1, 0.15) is 6.61 Å². The number of aromatic nitrogens is 1. The summed E-state index contributed by atoms with van der Waals surface area (Å²) in [5.74, 6) is -1.31. The molecule has 2 N–H and O–H groups in total. The summed E-state index contributed by atoms with van der Waals surface area (Å²) in [5, 5.41) is 15.6. The van der Waals surface area contributed by atoms with Crippen LogP contribution in [0.4, 0.5) is 0 Å². The van der Waals surface area contributed by atoms with Gasteiger partial charge in [-0.3, -0.25) is 4.79 Å². The molecular formula is C28H28N2O7. The molecule has 37 heavy (non-hydrogen) atoms. The Kier molecular flexibility index (Phi) is 11.8. The van der Waals surface area contributed by atoms with E-state index in [1.807, 2.05) is 67.5 Å². The van der Waals surface area contributed by atoms with E-state index in [4.69, 9.17) is 19.7 Å². The topological polar surface area (TPSA) is 126 Å². The fourth-order valence-electron chi connectivity index (χ4n) is 2.72. The van der Waals surface area contributed by atoms with Crippen molar-refractivity contribution in [1.29, 1.82) is 0 Å². The minimum Gasteiger partial charge on any atom is -0.488 e. The fraction of sp³-hybridized carbons (Fsp3) is 0.143. The van der Waals surface area contributed by atoms with Crippen molar-refractivity contribution in [2.24, 2.45) is 0 Å². The van der Waals surface area contributed by atoms with Gasteiger partial charge in [-0.2, -0.15) is 0 Å². The maximum absolute atomic E-state index is 12.7. The van der Waals surface area contributed by atoms with Gasteiger partial charge in [0.15, 0.2) is 17.3 Å². The van der Waals surface area contributed by atoms with E-state index < -0.39 is 11.9 Å². The SMILES string of the molecule is CN(C)CCOc1ccccc1Oc1ncccc1C(=O)C=Cc1ccccc1.O=C(O)C=CC(=O)O. The Morgan fingerprint density at radius 3 is 2.08 bits per heavy atom. The molecule has 0 aliphatic rings. The number of hydrogen-bond donors (Lipinski definition) is 2. The standard InChI is InChI=1S/C24H24N2O3.C4H4O4/c1-26(2)17-18-28-22-12-6-7-13-23(22)29-24-20(11-8-16-25-24)21(27)15-14-19-9-4-3-5-10-19;5-3(6)1-2-4(7)8/h3-16H,17-18H2,1-2H3;1-2H,(H,5,6)(H,7,8). The first kappa shape index (κ1) is 28.5. The van der Waals surface area contributed by atoms with Gasteiger partial charge >= 0.3 is 11.9 Å². The summed E-state index contributed by atoms with van der Waals surface area (Å²) in [6, 6.07) is 20.5. The van der Waals surface area contributed by atoms with Crippen molar-refractivity contribution < 1.29 is 34.1 Å². The van der Waals surface area contributed by atoms with E-state index in [2.05, 4.69) is 4.98 Å². The lowest BCUT2D eigenvalue weighted by Crippen LogP contribution is -2.19. The number of rotatable bonds is 11. The Hall–Kier alpha value is -4.76. The quantitative estimate of drug-likeness (QED) is 0.288. The zero-order valence-electron chi connectivity index (χ0n) is 20.5. The van der Waals surface area contributed by atoms with Crippen molar-refractivity contribution in [2.75, 3.05) is 27.2 Å². The number of carboxylic acid groups (broad SMARTS) is 2. The molecule has 1 heterocycles. The van der Waals surface area contributed by atoms with Crippen LogP contribution in [-0.2, 0) is 9.59 Å². The van der Waals surface area contributed by atoms with E-state index in [-0.39, 0.29) is 11.7 Å². The van der Waals surface area contributed by atoms with Crippen LogP contribution in [0, 0.1) is 0 Å². The average Bonchev–Trinajstić information content (AvgIpc) is 2.88. The number of ether oxygens (including phenoxy) is 2. The Morgan fingerprint density at radius 1 is 0.838 bits per heavy atom. The third-order valence-corrected chi connectivity index (χ3v) is 4.48. The predicted molar refractivity (Wildman–Crippen MR) is 139 cm³/mol. The van der Waals surface area contributed by atoms with Crippen LogP contribution < -0.4 is 9.47 Å². The molecule has 0 saturated carbocycles. The number of carbonyl (C=O) groups is 3. The van der Waals surface area contributed by atoms with Crippen molar-refractivity contribution in [3.05, 3.63) is 102 Å². The van der Waals surface area contributed by atoms with E-state index in [0.717, 1.165) is 12.1 Å². The second-order valence-corrected chi connectivity index (χ2v) is 7.67. The first-order valence-corrected chi connectivity index (χ1v) is 11.2. The predicted octanol–water partition coefficient (Wildman–Crippen LogP) is 4.42. The third-order valence-electron chi connectivity index (χ3n) is 4.48. The molecule has 1 aromatic heterocycles. The Morgan fingerprint density at radius 2 is 1.46 bits per heavy atom. The molecule has 192 valence electrons. The Labute approximate surface area is 214 Å². The maximum Gasteiger partial charge on any atom is 0.328 e. The summed E-state index contributed by atoms with van der Waals surface area (Å²) >= 11 is 0. The number of para-hydroxylation sites is 2. The van der Waals surface area contributed by atoms with Gasteiger partial charge < -0.3 is 24.6 Å². The molecule has 9 heteroatoms. The van der Waals surface area contributed by atoms with Crippen molar-refractivity contribution in [3.63, 3.8) is 0 Å². The summed E-state index contributed by atoms with van der Waals surface area (Å²) in [6.07, 6.45) is 6.02. The van der Waals surface area contributed by atoms with E-state index in [1.165, 1.54) is 6.08 Å². The second kappa shape index (κ2) is 15.3. The van der Waals surface area contributed by atoms with Gasteiger partial charge in [-0.25, -0.2) is 14.6 Å². The van der Waals surface area contributed by atoms with E-state index >= 15 is 0 Å². The summed E-state index contributed by atoms with van der Waals surface area (Å²) in [4.78, 5) is 38.1. The molecule has 3 rings (SSSR count). The number of allylic oxidation sites excluding steroid dienone is 1. The molecule has 0 radical (unpaired) electrons. The number of likely N-dealkylation sites (N-methyl/N-ethyl adjacent to an activating group) is 1. The average molecular weight is 505 g/mol. The minimum atomic E-state index is -1.26. The number of aliphatic carboxylic acids is 2. The van der Waals surface area contributed by atoms with Crippen LogP contribution in [0.1, 0.15) is 15.9 Å². The molecule has 3 aromatic rings. The van der Waals surface area contributed by atoms with Crippen molar-refractivity contribution in [2.45, 2.75) is 0 Å². The summed E-state index contributed by atoms with van der Waals surface area (Å²) in [7, 11) is 3.97. The molecule has 0 amide bonds. The van der Waals surface area contributed by atoms with Crippen LogP contribution >= 0.6 is 0 Å². The van der Waals surface area contributed by atoms with E-state index in [0.29, 0.717) is 35.8 Å². The van der Waals surface area contributed by atoms with Crippen LogP contribution in [0.25, 0.3) is 6.08 Å². The van der Waals surface area contributed by atoms with Crippen LogP contribution in [0.5, 0.6) is 17.4 Å². The first-order valence-electron chi connectivity index (χ1n) is 11.2. The number of pyridine rings is 1. The minimum absolute atomic E-state index is 0.178. The van der Waals surface area contributed by atoms with Gasteiger partial charge in [0.25, 0.3) is 0 Å². The molecular weight excluding hydrogens is 476 g/mol. The maximum atomic E-state index is 12.7. The highest BCUT2D eigenvalue weighted by molar-refractivity contribution is 6.08. The van der Waals surface area contributed by atoms with Crippen LogP contribution in [0.2, 0.25) is 0 Å². The van der Waals surface area contributed by atoms with Crippen molar-refractivity contribution in [1.82, 2.24) is 9.88 Å². The van der Waals surface area contributed by atoms with Gasteiger partial charge in [-0.15, -0.1) is 0 Å². The van der Waals surface area contributed by atoms with Crippen molar-refractivity contribution >= 4 is 23.8 Å². The number of hydrogen-bond acceptors (Lipinski definition) is 7. The number of nitrogens with zero attached hydrogens (tertiary/aromatic N) is 2. The molecule has 0 fully saturated rings. The number of carboxylic acids is 2. The lowest BCUT2D eigenvalue weighted by atomic mass is 10.1. The Balaban J connectivity index is 0.000000521. The molecule has 9 nitrogen and oxygen atoms in total. The highest BCUT2D eigenvalue weighted by Crippen LogP contribution is 2.32. The van der Waals surface area contributed by atoms with Gasteiger partial charge in [-0.1, -0.05) is 48.5 Å². The highest BCUT2D eigenvalue weighted by atomic mass is 16.5. The first-order chi connectivity index (χ1) is 17.8. The summed E-state index contributed by atoms with van der Waals surface area (Å²) < 4.78 is 11.8. The van der Waals surface area contributed by atoms with Gasteiger partial charge in [0, 0.05) is 24.9 Å². The van der Waals surface area contributed by atoms with Crippen LogP contribution in [-0.4, -0.2) is 65.1 Å². The highest BCUT2D eigenvalue weighted by Gasteiger charge is 2.14. The summed E-state index contributed by atoms with van der Waals surface area (Å²) in [5.41, 5.74) is 1.34. The zero-order chi connectivity index (χ0) is 27.0. The normalized spacial score (nSPS) is 10.7. The molecule has 0 aliphatic carbocycles. The molecule has 2 aromatic carbocycles. The molecule has 0 aliphatic heterocycles. The molecule has 0 bridgehead atoms. The van der Waals surface area contributed by atoms with E-state index in [9.17, 15) is 14.4 Å². The lowest BCUT2D eigenvalue weighted by molar-refractivity contribution is -0.134. The molecule has 0 atom stereocenters. The van der Waals surface area contributed by atoms with Gasteiger partial charge in [-0.05, 0) is 50.0 Å². The smallest absolute Gasteiger partial charge is 0.328 e. The lowest BCUT2D eigenvalue weighted by Gasteiger charge is -2.14.